The van der Waals surface area contributed by atoms with Crippen LogP contribution in [0.4, 0.5) is 0 Å². The molecule has 14 rings (SSSR count). The van der Waals surface area contributed by atoms with Crippen LogP contribution in [0.15, 0.2) is 243 Å². The molecule has 322 valence electrons. The lowest BCUT2D eigenvalue weighted by Gasteiger charge is -2.17. The molecule has 4 aromatic heterocycles. The highest BCUT2D eigenvalue weighted by atomic mass is 15.1. The van der Waals surface area contributed by atoms with Crippen LogP contribution in [-0.2, 0) is 0 Å². The third kappa shape index (κ3) is 6.09. The Hall–Kier alpha value is -9.39. The van der Waals surface area contributed by atoms with E-state index < -0.39 is 0 Å². The van der Waals surface area contributed by atoms with Crippen LogP contribution in [0.2, 0.25) is 0 Å². The van der Waals surface area contributed by atoms with Gasteiger partial charge in [0, 0.05) is 49.0 Å². The van der Waals surface area contributed by atoms with Gasteiger partial charge in [-0.3, -0.25) is 0 Å². The maximum atomic E-state index is 5.30. The summed E-state index contributed by atoms with van der Waals surface area (Å²) in [4.78, 5) is 15.7. The highest BCUT2D eigenvalue weighted by Crippen LogP contribution is 2.45. The van der Waals surface area contributed by atoms with Gasteiger partial charge in [0.15, 0.2) is 17.5 Å². The summed E-state index contributed by atoms with van der Waals surface area (Å²) in [6.45, 7) is 0. The smallest absolute Gasteiger partial charge is 0.166 e. The molecule has 10 aromatic carbocycles. The molecule has 4 heterocycles. The van der Waals surface area contributed by atoms with Gasteiger partial charge in [0.1, 0.15) is 0 Å². The van der Waals surface area contributed by atoms with E-state index in [1.54, 1.807) is 0 Å². The van der Waals surface area contributed by atoms with Crippen LogP contribution in [0.3, 0.4) is 0 Å². The number of benzene rings is 10. The normalized spacial score (nSPS) is 11.8. The van der Waals surface area contributed by atoms with Crippen LogP contribution in [0.5, 0.6) is 0 Å². The molecule has 0 aliphatic rings. The molecule has 14 aromatic rings. The van der Waals surface area contributed by atoms with E-state index in [1.807, 2.05) is 36.4 Å². The van der Waals surface area contributed by atoms with Gasteiger partial charge in [0.25, 0.3) is 0 Å². The fraction of sp³-hybridized carbons (Fsp3) is 0. The molecule has 0 spiro atoms. The van der Waals surface area contributed by atoms with Gasteiger partial charge in [-0.25, -0.2) is 15.0 Å². The number of rotatable bonds is 7. The second-order valence-corrected chi connectivity index (χ2v) is 17.6. The second kappa shape index (κ2) is 15.6. The maximum Gasteiger partial charge on any atom is 0.166 e. The minimum absolute atomic E-state index is 0.592. The lowest BCUT2D eigenvalue weighted by atomic mass is 10.0. The molecule has 6 heteroatoms. The molecule has 0 bridgehead atoms. The molecule has 0 radical (unpaired) electrons. The first-order chi connectivity index (χ1) is 34.3. The summed E-state index contributed by atoms with van der Waals surface area (Å²) in [7, 11) is 0. The Morgan fingerprint density at radius 2 is 0.681 bits per heavy atom. The Morgan fingerprint density at radius 1 is 0.246 bits per heavy atom. The molecule has 0 saturated carbocycles. The average molecular weight is 881 g/mol. The van der Waals surface area contributed by atoms with E-state index in [0.717, 1.165) is 77.6 Å². The lowest BCUT2D eigenvalue weighted by Crippen LogP contribution is -2.05. The summed E-state index contributed by atoms with van der Waals surface area (Å²) >= 11 is 0. The molecular formula is C63H40N6. The van der Waals surface area contributed by atoms with E-state index in [2.05, 4.69) is 220 Å². The predicted octanol–water partition coefficient (Wildman–Crippen LogP) is 15.8. The Kier molecular flexibility index (Phi) is 8.79. The van der Waals surface area contributed by atoms with Gasteiger partial charge < -0.3 is 13.7 Å². The van der Waals surface area contributed by atoms with Gasteiger partial charge in [0.05, 0.1) is 50.2 Å². The van der Waals surface area contributed by atoms with Crippen molar-refractivity contribution in [2.24, 2.45) is 0 Å². The summed E-state index contributed by atoms with van der Waals surface area (Å²) < 4.78 is 7.38. The average Bonchev–Trinajstić information content (AvgIpc) is 4.07. The lowest BCUT2D eigenvalue weighted by molar-refractivity contribution is 1.06. The van der Waals surface area contributed by atoms with E-state index in [-0.39, 0.29) is 0 Å². The van der Waals surface area contributed by atoms with Crippen molar-refractivity contribution in [3.8, 4) is 62.4 Å². The van der Waals surface area contributed by atoms with Crippen molar-refractivity contribution >= 4 is 65.4 Å². The van der Waals surface area contributed by atoms with Crippen molar-refractivity contribution in [3.05, 3.63) is 243 Å². The van der Waals surface area contributed by atoms with Gasteiger partial charge in [-0.05, 0) is 65.7 Å². The van der Waals surface area contributed by atoms with E-state index in [1.165, 1.54) is 32.7 Å². The molecule has 0 saturated heterocycles. The zero-order valence-corrected chi connectivity index (χ0v) is 37.3. The third-order valence-electron chi connectivity index (χ3n) is 13.7. The zero-order chi connectivity index (χ0) is 45.4. The molecule has 69 heavy (non-hydrogen) atoms. The first kappa shape index (κ1) is 38.8. The molecule has 0 aliphatic carbocycles. The summed E-state index contributed by atoms with van der Waals surface area (Å²) in [5.41, 5.74) is 14.9. The van der Waals surface area contributed by atoms with Crippen molar-refractivity contribution in [1.82, 2.24) is 28.7 Å². The number of para-hydroxylation sites is 5. The molecule has 0 atom stereocenters. The summed E-state index contributed by atoms with van der Waals surface area (Å²) in [6.07, 6.45) is 0. The third-order valence-corrected chi connectivity index (χ3v) is 13.7. The fourth-order valence-corrected chi connectivity index (χ4v) is 10.7. The standard InChI is InChI=1S/C63H40N6/c1-4-20-41(21-5-1)44-38-39-48-47-28-12-16-33-53(47)68(58(48)40-44)55-35-19-36-56-59(55)50-30-18-37-57(67-51-31-14-10-26-45(51)46-27-11-15-32-52(46)67)60(50)69(56)54-34-17-13-29-49(54)63-65-61(42-22-6-2-7-23-42)64-62(66-63)43-24-8-3-9-25-43/h1-40H. The molecule has 0 amide bonds. The van der Waals surface area contributed by atoms with Crippen molar-refractivity contribution in [2.45, 2.75) is 0 Å². The molecule has 0 aliphatic heterocycles. The van der Waals surface area contributed by atoms with Crippen LogP contribution in [0.1, 0.15) is 0 Å². The largest absolute Gasteiger partial charge is 0.309 e. The summed E-state index contributed by atoms with van der Waals surface area (Å²) in [5, 5.41) is 7.11. The van der Waals surface area contributed by atoms with Crippen LogP contribution in [0, 0.1) is 0 Å². The maximum absolute atomic E-state index is 5.30. The SMILES string of the molecule is c1ccc(-c2ccc3c4ccccc4n(-c4cccc5c4c4cccc(-n6c7ccccc7c7ccccc76)c4n5-c4ccccc4-c4nc(-c5ccccc5)nc(-c5ccccc5)n4)c3c2)cc1. The van der Waals surface area contributed by atoms with E-state index in [0.29, 0.717) is 17.5 Å². The Bertz CT molecular complexity index is 4190. The van der Waals surface area contributed by atoms with E-state index in [4.69, 9.17) is 15.0 Å². The number of aromatic nitrogens is 6. The first-order valence-electron chi connectivity index (χ1n) is 23.4. The van der Waals surface area contributed by atoms with Gasteiger partial charge in [-0.15, -0.1) is 0 Å². The Labute approximate surface area is 397 Å². The van der Waals surface area contributed by atoms with Crippen LogP contribution >= 0.6 is 0 Å². The predicted molar refractivity (Wildman–Crippen MR) is 285 cm³/mol. The molecule has 0 unspecified atom stereocenters. The number of hydrogen-bond acceptors (Lipinski definition) is 3. The monoisotopic (exact) mass is 880 g/mol. The minimum Gasteiger partial charge on any atom is -0.309 e. The molecular weight excluding hydrogens is 841 g/mol. The van der Waals surface area contributed by atoms with Crippen molar-refractivity contribution in [2.75, 3.05) is 0 Å². The van der Waals surface area contributed by atoms with Gasteiger partial charge >= 0.3 is 0 Å². The molecule has 0 fully saturated rings. The van der Waals surface area contributed by atoms with Gasteiger partial charge in [-0.1, -0.05) is 188 Å². The van der Waals surface area contributed by atoms with Crippen molar-refractivity contribution in [1.29, 1.82) is 0 Å². The topological polar surface area (TPSA) is 53.5 Å². The Morgan fingerprint density at radius 3 is 1.30 bits per heavy atom. The highest BCUT2D eigenvalue weighted by Gasteiger charge is 2.26. The second-order valence-electron chi connectivity index (χ2n) is 17.6. The van der Waals surface area contributed by atoms with Crippen molar-refractivity contribution in [3.63, 3.8) is 0 Å². The quantitative estimate of drug-likeness (QED) is 0.160. The fourth-order valence-electron chi connectivity index (χ4n) is 10.7. The number of nitrogens with zero attached hydrogens (tertiary/aromatic N) is 6. The van der Waals surface area contributed by atoms with Crippen LogP contribution < -0.4 is 0 Å². The number of fused-ring (bicyclic) bond motifs is 9. The van der Waals surface area contributed by atoms with Crippen LogP contribution in [0.25, 0.3) is 128 Å². The minimum atomic E-state index is 0.592. The Balaban J connectivity index is 1.12. The van der Waals surface area contributed by atoms with Gasteiger partial charge in [0.2, 0.25) is 0 Å². The number of hydrogen-bond donors (Lipinski definition) is 0. The van der Waals surface area contributed by atoms with Gasteiger partial charge in [-0.2, -0.15) is 0 Å². The highest BCUT2D eigenvalue weighted by molar-refractivity contribution is 6.19. The summed E-state index contributed by atoms with van der Waals surface area (Å²) in [6, 6.07) is 86.4. The zero-order valence-electron chi connectivity index (χ0n) is 37.3. The molecule has 6 nitrogen and oxygen atoms in total. The summed E-state index contributed by atoms with van der Waals surface area (Å²) in [5.74, 6) is 1.83. The first-order valence-corrected chi connectivity index (χ1v) is 23.4. The van der Waals surface area contributed by atoms with Crippen LogP contribution in [-0.4, -0.2) is 28.7 Å². The molecule has 0 N–H and O–H groups in total. The van der Waals surface area contributed by atoms with Crippen molar-refractivity contribution < 1.29 is 0 Å². The van der Waals surface area contributed by atoms with E-state index in [9.17, 15) is 0 Å². The van der Waals surface area contributed by atoms with E-state index >= 15 is 0 Å².